The Morgan fingerprint density at radius 2 is 1.89 bits per heavy atom. The first kappa shape index (κ1) is 11.0. The lowest BCUT2D eigenvalue weighted by Crippen LogP contribution is -2.86. The molecule has 1 aromatic carbocycles. The van der Waals surface area contributed by atoms with Gasteiger partial charge in [0, 0.05) is 17.5 Å². The molecule has 1 aromatic rings. The smallest absolute Gasteiger partial charge is 0.135 e. The Hall–Kier alpha value is -0.670. The van der Waals surface area contributed by atoms with Crippen molar-refractivity contribution < 1.29 is 9.29 Å². The number of rotatable bonds is 4. The predicted molar refractivity (Wildman–Crippen MR) is 74.2 cm³/mol. The highest BCUT2D eigenvalue weighted by Gasteiger charge is 2.87. The van der Waals surface area contributed by atoms with E-state index in [2.05, 4.69) is 0 Å². The molecule has 0 saturated heterocycles. The lowest BCUT2D eigenvalue weighted by molar-refractivity contribution is -0.436. The van der Waals surface area contributed by atoms with Crippen molar-refractivity contribution in [3.05, 3.63) is 24.3 Å². The zero-order chi connectivity index (χ0) is 12.7. The van der Waals surface area contributed by atoms with E-state index in [0.29, 0.717) is 5.41 Å². The molecular formula is C16H18O2S. The molecule has 100 valence electrons. The molecule has 0 aliphatic heterocycles. The van der Waals surface area contributed by atoms with Crippen molar-refractivity contribution in [2.45, 2.75) is 30.6 Å². The van der Waals surface area contributed by atoms with Crippen LogP contribution in [0, 0.1) is 28.6 Å². The van der Waals surface area contributed by atoms with Gasteiger partial charge in [-0.3, -0.25) is 0 Å². The second kappa shape index (κ2) is 3.32. The minimum absolute atomic E-state index is 0.511. The van der Waals surface area contributed by atoms with Gasteiger partial charge in [-0.05, 0) is 61.0 Å². The second-order valence-corrected chi connectivity index (χ2v) is 7.63. The van der Waals surface area contributed by atoms with Gasteiger partial charge in [0.05, 0.1) is 11.5 Å². The Morgan fingerprint density at radius 3 is 2.53 bits per heavy atom. The molecule has 19 heavy (non-hydrogen) atoms. The van der Waals surface area contributed by atoms with Crippen LogP contribution in [0.1, 0.15) is 25.7 Å². The summed E-state index contributed by atoms with van der Waals surface area (Å²) in [4.78, 5) is 0.835. The van der Waals surface area contributed by atoms with Gasteiger partial charge in [-0.15, -0.1) is 0 Å². The van der Waals surface area contributed by atoms with Gasteiger partial charge in [-0.1, -0.05) is 12.1 Å². The summed E-state index contributed by atoms with van der Waals surface area (Å²) < 4.78 is 15.4. The first-order valence-corrected chi connectivity index (χ1v) is 8.11. The second-order valence-electron chi connectivity index (χ2n) is 7.01. The van der Waals surface area contributed by atoms with Gasteiger partial charge in [-0.25, -0.2) is 0 Å². The van der Waals surface area contributed by atoms with Gasteiger partial charge in [0.2, 0.25) is 0 Å². The number of hydrogen-bond donors (Lipinski definition) is 1. The maximum absolute atomic E-state index is 9.27. The van der Waals surface area contributed by atoms with Crippen LogP contribution in [-0.4, -0.2) is 11.2 Å². The van der Waals surface area contributed by atoms with Gasteiger partial charge in [0.25, 0.3) is 0 Å². The third kappa shape index (κ3) is 1.02. The molecule has 0 radical (unpaired) electrons. The Kier molecular flexibility index (Phi) is 1.93. The van der Waals surface area contributed by atoms with Crippen LogP contribution in [0.15, 0.2) is 29.2 Å². The highest BCUT2D eigenvalue weighted by Crippen LogP contribution is 2.92. The molecule has 0 heterocycles. The Labute approximate surface area is 117 Å². The van der Waals surface area contributed by atoms with Gasteiger partial charge in [0.15, 0.2) is 0 Å². The monoisotopic (exact) mass is 274 g/mol. The SMILES string of the molecule is OSc1ccccc1OCC12CC3CC4CC(C1)C432. The molecule has 5 rings (SSSR count). The number of para-hydroxylation sites is 1. The standard InChI is InChI=1S/C16H18O2S/c17-19-14-4-2-1-3-13(14)18-9-15-7-11-5-10-6-12(8-15)16(10,11)15/h1-4,10-12,17H,5-9H2. The maximum atomic E-state index is 9.27. The number of benzene rings is 1. The topological polar surface area (TPSA) is 29.5 Å². The van der Waals surface area contributed by atoms with E-state index in [-0.39, 0.29) is 0 Å². The average Bonchev–Trinajstić information content (AvgIpc) is 2.35. The summed E-state index contributed by atoms with van der Waals surface area (Å²) in [5.41, 5.74) is 1.24. The van der Waals surface area contributed by atoms with Crippen molar-refractivity contribution in [3.8, 4) is 5.75 Å². The molecule has 4 aliphatic carbocycles. The van der Waals surface area contributed by atoms with E-state index < -0.39 is 0 Å². The van der Waals surface area contributed by atoms with Crippen molar-refractivity contribution in [1.29, 1.82) is 0 Å². The summed E-state index contributed by atoms with van der Waals surface area (Å²) in [5.74, 6) is 3.96. The van der Waals surface area contributed by atoms with E-state index in [1.54, 1.807) is 0 Å². The fraction of sp³-hybridized carbons (Fsp3) is 0.625. The zero-order valence-electron chi connectivity index (χ0n) is 10.8. The van der Waals surface area contributed by atoms with Crippen LogP contribution in [0.25, 0.3) is 0 Å². The molecule has 3 heteroatoms. The van der Waals surface area contributed by atoms with Crippen LogP contribution >= 0.6 is 12.0 Å². The molecule has 2 unspecified atom stereocenters. The van der Waals surface area contributed by atoms with E-state index in [4.69, 9.17) is 4.74 Å². The summed E-state index contributed by atoms with van der Waals surface area (Å²) in [7, 11) is 0. The van der Waals surface area contributed by atoms with E-state index in [9.17, 15) is 4.55 Å². The molecule has 4 fully saturated rings. The molecular weight excluding hydrogens is 256 g/mol. The zero-order valence-corrected chi connectivity index (χ0v) is 11.7. The largest absolute Gasteiger partial charge is 0.492 e. The van der Waals surface area contributed by atoms with Crippen LogP contribution in [0.2, 0.25) is 0 Å². The fourth-order valence-electron chi connectivity index (χ4n) is 6.27. The number of ether oxygens (including phenoxy) is 1. The molecule has 4 saturated carbocycles. The van der Waals surface area contributed by atoms with E-state index >= 15 is 0 Å². The van der Waals surface area contributed by atoms with Gasteiger partial charge >= 0.3 is 0 Å². The van der Waals surface area contributed by atoms with Crippen LogP contribution in [0.5, 0.6) is 5.75 Å². The van der Waals surface area contributed by atoms with Crippen LogP contribution < -0.4 is 4.74 Å². The van der Waals surface area contributed by atoms with Crippen molar-refractivity contribution in [2.24, 2.45) is 28.6 Å². The van der Waals surface area contributed by atoms with Crippen LogP contribution in [0.3, 0.4) is 0 Å². The van der Waals surface area contributed by atoms with Gasteiger partial charge in [-0.2, -0.15) is 0 Å². The minimum atomic E-state index is 0.511. The summed E-state index contributed by atoms with van der Waals surface area (Å²) >= 11 is 0.788. The van der Waals surface area contributed by atoms with Crippen LogP contribution in [0.4, 0.5) is 0 Å². The highest BCUT2D eigenvalue weighted by atomic mass is 32.2. The van der Waals surface area contributed by atoms with Gasteiger partial charge in [0.1, 0.15) is 5.75 Å². The molecule has 0 amide bonds. The number of hydrogen-bond acceptors (Lipinski definition) is 3. The minimum Gasteiger partial charge on any atom is -0.492 e. The van der Waals surface area contributed by atoms with E-state index in [1.165, 1.54) is 25.7 Å². The Bertz CT molecular complexity index is 530. The summed E-state index contributed by atoms with van der Waals surface area (Å²) in [6.45, 7) is 0.869. The molecule has 1 N–H and O–H groups in total. The molecule has 0 aromatic heterocycles. The average molecular weight is 274 g/mol. The third-order valence-electron chi connectivity index (χ3n) is 6.81. The summed E-state index contributed by atoms with van der Waals surface area (Å²) in [6.07, 6.45) is 5.80. The van der Waals surface area contributed by atoms with Gasteiger partial charge < -0.3 is 9.29 Å². The first-order chi connectivity index (χ1) is 9.30. The van der Waals surface area contributed by atoms with E-state index in [0.717, 1.165) is 52.5 Å². The van der Waals surface area contributed by atoms with E-state index in [1.807, 2.05) is 24.3 Å². The summed E-state index contributed by atoms with van der Waals surface area (Å²) in [6, 6.07) is 7.81. The van der Waals surface area contributed by atoms with Crippen LogP contribution in [-0.2, 0) is 0 Å². The lowest BCUT2D eigenvalue weighted by atomic mass is 9.13. The molecule has 2 atom stereocenters. The highest BCUT2D eigenvalue weighted by molar-refractivity contribution is 7.93. The maximum Gasteiger partial charge on any atom is 0.135 e. The predicted octanol–water partition coefficient (Wildman–Crippen LogP) is 4.07. The van der Waals surface area contributed by atoms with Crippen molar-refractivity contribution in [2.75, 3.05) is 6.61 Å². The summed E-state index contributed by atoms with van der Waals surface area (Å²) in [5, 5.41) is 0. The molecule has 0 bridgehead atoms. The Morgan fingerprint density at radius 1 is 1.16 bits per heavy atom. The fourth-order valence-corrected chi connectivity index (χ4v) is 6.62. The van der Waals surface area contributed by atoms with Crippen molar-refractivity contribution in [1.82, 2.24) is 0 Å². The third-order valence-corrected chi connectivity index (χ3v) is 7.34. The molecule has 4 aliphatic rings. The molecule has 1 spiro atoms. The van der Waals surface area contributed by atoms with Crippen molar-refractivity contribution >= 4 is 12.0 Å². The normalized spacial score (nSPS) is 47.7. The lowest BCUT2D eigenvalue weighted by Gasteiger charge is -2.91. The van der Waals surface area contributed by atoms with Crippen molar-refractivity contribution in [3.63, 3.8) is 0 Å². The Balaban J connectivity index is 1.35. The molecule has 2 nitrogen and oxygen atoms in total. The first-order valence-electron chi connectivity index (χ1n) is 7.33. The quantitative estimate of drug-likeness (QED) is 0.839.